The molecular formula is C27H20ClF3N4O4. The molecule has 2 aromatic rings. The standard InChI is InChI=1S/C27H20ClF3N4O4/c28-18-10-14-20(15-11-18)35(26(32)37)24(21-5-1-2-7-23(21)39-27(29,30)31)25(36)33-19-12-8-17(9-13-19)22-6-3-4-16-34(22)38/h1-16,24,38H,(H2,32,37). The molecule has 0 radical (unpaired) electrons. The Hall–Kier alpha value is -4.61. The predicted molar refractivity (Wildman–Crippen MR) is 139 cm³/mol. The summed E-state index contributed by atoms with van der Waals surface area (Å²) >= 11 is 5.94. The lowest BCUT2D eigenvalue weighted by molar-refractivity contribution is -0.275. The number of halogens is 4. The molecule has 12 heteroatoms. The van der Waals surface area contributed by atoms with E-state index in [1.807, 2.05) is 0 Å². The monoisotopic (exact) mass is 556 g/mol. The Morgan fingerprint density at radius 2 is 1.67 bits per heavy atom. The first-order valence-electron chi connectivity index (χ1n) is 11.3. The fourth-order valence-corrected chi connectivity index (χ4v) is 4.00. The first-order chi connectivity index (χ1) is 18.5. The third-order valence-corrected chi connectivity index (χ3v) is 5.77. The maximum atomic E-state index is 13.6. The Bertz CT molecular complexity index is 1440. The number of hydrogen-bond acceptors (Lipinski definition) is 5. The minimum absolute atomic E-state index is 0.0918. The van der Waals surface area contributed by atoms with Crippen molar-refractivity contribution in [2.75, 3.05) is 4.90 Å². The topological polar surface area (TPSA) is 108 Å². The van der Waals surface area contributed by atoms with Gasteiger partial charge >= 0.3 is 12.4 Å². The number of alkyl halides is 3. The molecule has 2 aliphatic rings. The number of urea groups is 1. The van der Waals surface area contributed by atoms with Crippen molar-refractivity contribution in [3.8, 4) is 5.75 Å². The van der Waals surface area contributed by atoms with Crippen molar-refractivity contribution in [3.05, 3.63) is 119 Å². The fraction of sp³-hybridized carbons (Fsp3) is 0.0741. The molecule has 0 saturated heterocycles. The lowest BCUT2D eigenvalue weighted by Crippen LogP contribution is -2.42. The van der Waals surface area contributed by atoms with E-state index >= 15 is 0 Å². The average Bonchev–Trinajstić information content (AvgIpc) is 2.88. The van der Waals surface area contributed by atoms with E-state index in [1.165, 1.54) is 60.8 Å². The summed E-state index contributed by atoms with van der Waals surface area (Å²) in [6, 6.07) is 7.69. The summed E-state index contributed by atoms with van der Waals surface area (Å²) < 4.78 is 43.7. The number of carbonyl (C=O) groups excluding carboxylic acids is 2. The number of aliphatic imine (C=N–C) groups is 1. The van der Waals surface area contributed by atoms with Crippen LogP contribution in [0, 0.1) is 0 Å². The van der Waals surface area contributed by atoms with Gasteiger partial charge in [-0.3, -0.25) is 14.9 Å². The van der Waals surface area contributed by atoms with Crippen LogP contribution in [0.3, 0.4) is 0 Å². The third kappa shape index (κ3) is 6.64. The zero-order chi connectivity index (χ0) is 28.2. The summed E-state index contributed by atoms with van der Waals surface area (Å²) in [4.78, 5) is 31.1. The number of benzene rings is 2. The second kappa shape index (κ2) is 11.4. The molecule has 0 aromatic heterocycles. The highest BCUT2D eigenvalue weighted by molar-refractivity contribution is 6.30. The van der Waals surface area contributed by atoms with Crippen LogP contribution in [0.1, 0.15) is 11.6 Å². The molecule has 200 valence electrons. The van der Waals surface area contributed by atoms with Crippen LogP contribution in [0.15, 0.2) is 114 Å². The molecule has 39 heavy (non-hydrogen) atoms. The lowest BCUT2D eigenvalue weighted by atomic mass is 10.0. The van der Waals surface area contributed by atoms with E-state index in [4.69, 9.17) is 17.3 Å². The number of amides is 3. The highest BCUT2D eigenvalue weighted by atomic mass is 35.5. The average molecular weight is 557 g/mol. The van der Waals surface area contributed by atoms with Crippen molar-refractivity contribution in [1.29, 1.82) is 0 Å². The molecule has 1 aliphatic heterocycles. The van der Waals surface area contributed by atoms with Gasteiger partial charge in [-0.15, -0.1) is 13.2 Å². The first-order valence-corrected chi connectivity index (χ1v) is 11.7. The molecule has 4 rings (SSSR count). The van der Waals surface area contributed by atoms with Gasteiger partial charge < -0.3 is 10.5 Å². The summed E-state index contributed by atoms with van der Waals surface area (Å²) in [5.41, 5.74) is 6.63. The Morgan fingerprint density at radius 3 is 2.28 bits per heavy atom. The van der Waals surface area contributed by atoms with Crippen LogP contribution in [0.25, 0.3) is 0 Å². The lowest BCUT2D eigenvalue weighted by Gasteiger charge is -2.30. The van der Waals surface area contributed by atoms with Crippen molar-refractivity contribution in [1.82, 2.24) is 5.06 Å². The molecule has 1 atom stereocenters. The number of carbonyl (C=O) groups is 2. The quantitative estimate of drug-likeness (QED) is 0.470. The predicted octanol–water partition coefficient (Wildman–Crippen LogP) is 5.99. The number of anilines is 1. The second-order valence-corrected chi connectivity index (χ2v) is 8.54. The zero-order valence-corrected chi connectivity index (χ0v) is 20.7. The smallest absolute Gasteiger partial charge is 0.405 e. The van der Waals surface area contributed by atoms with E-state index in [1.54, 1.807) is 30.4 Å². The van der Waals surface area contributed by atoms with Gasteiger partial charge in [-0.25, -0.2) is 14.9 Å². The molecule has 1 heterocycles. The Labute approximate surface area is 225 Å². The first kappa shape index (κ1) is 27.4. The third-order valence-electron chi connectivity index (χ3n) is 5.52. The van der Waals surface area contributed by atoms with Crippen LogP contribution in [0.2, 0.25) is 5.02 Å². The van der Waals surface area contributed by atoms with Crippen molar-refractivity contribution in [3.63, 3.8) is 0 Å². The Morgan fingerprint density at radius 1 is 1.00 bits per heavy atom. The summed E-state index contributed by atoms with van der Waals surface area (Å²) in [6.45, 7) is 0. The van der Waals surface area contributed by atoms with Crippen LogP contribution < -0.4 is 15.4 Å². The SMILES string of the molecule is NC(=O)N(c1ccc(Cl)cc1)C(C(=O)N=C1C=CC(=C2C=CC=CN2O)C=C1)c1ccccc1OC(F)(F)F. The number of nitrogens with two attached hydrogens (primary N) is 1. The van der Waals surface area contributed by atoms with Crippen LogP contribution in [-0.4, -0.2) is 34.3 Å². The molecule has 0 saturated carbocycles. The van der Waals surface area contributed by atoms with Gasteiger partial charge in [0.15, 0.2) is 0 Å². The van der Waals surface area contributed by atoms with Crippen LogP contribution >= 0.6 is 11.6 Å². The van der Waals surface area contributed by atoms with Crippen molar-refractivity contribution >= 4 is 34.9 Å². The van der Waals surface area contributed by atoms with E-state index < -0.39 is 30.1 Å². The molecule has 2 aromatic carbocycles. The van der Waals surface area contributed by atoms with Crippen molar-refractivity contribution in [2.45, 2.75) is 12.4 Å². The van der Waals surface area contributed by atoms with Crippen LogP contribution in [-0.2, 0) is 4.79 Å². The second-order valence-electron chi connectivity index (χ2n) is 8.10. The van der Waals surface area contributed by atoms with E-state index in [-0.39, 0.29) is 17.0 Å². The number of ether oxygens (including phenoxy) is 1. The van der Waals surface area contributed by atoms with Gasteiger partial charge in [0.1, 0.15) is 11.8 Å². The van der Waals surface area contributed by atoms with E-state index in [0.29, 0.717) is 16.3 Å². The van der Waals surface area contributed by atoms with Gasteiger partial charge in [-0.1, -0.05) is 48.0 Å². The van der Waals surface area contributed by atoms with Gasteiger partial charge in [0.05, 0.1) is 11.4 Å². The van der Waals surface area contributed by atoms with Crippen molar-refractivity contribution in [2.24, 2.45) is 10.7 Å². The largest absolute Gasteiger partial charge is 0.573 e. The molecule has 3 amide bonds. The molecule has 0 spiro atoms. The Kier molecular flexibility index (Phi) is 8.03. The minimum Gasteiger partial charge on any atom is -0.405 e. The maximum Gasteiger partial charge on any atom is 0.573 e. The normalized spacial score (nSPS) is 15.4. The van der Waals surface area contributed by atoms with E-state index in [9.17, 15) is 28.0 Å². The number of hydrogen-bond donors (Lipinski definition) is 2. The summed E-state index contributed by atoms with van der Waals surface area (Å²) in [5, 5.41) is 11.2. The molecule has 8 nitrogen and oxygen atoms in total. The van der Waals surface area contributed by atoms with Crippen molar-refractivity contribution < 1.29 is 32.7 Å². The van der Waals surface area contributed by atoms with Gasteiger partial charge in [0.2, 0.25) is 0 Å². The zero-order valence-electron chi connectivity index (χ0n) is 19.9. The number of nitrogens with zero attached hydrogens (tertiary/aromatic N) is 3. The molecule has 3 N–H and O–H groups in total. The molecule has 0 bridgehead atoms. The molecule has 1 aliphatic carbocycles. The highest BCUT2D eigenvalue weighted by Crippen LogP contribution is 2.37. The summed E-state index contributed by atoms with van der Waals surface area (Å²) in [5.74, 6) is -1.70. The highest BCUT2D eigenvalue weighted by Gasteiger charge is 2.38. The van der Waals surface area contributed by atoms with E-state index in [2.05, 4.69) is 9.73 Å². The van der Waals surface area contributed by atoms with Gasteiger partial charge in [0, 0.05) is 28.0 Å². The number of allylic oxidation sites excluding steroid dienone is 8. The number of rotatable bonds is 5. The number of para-hydroxylation sites is 1. The summed E-state index contributed by atoms with van der Waals surface area (Å²) in [7, 11) is 0. The molecule has 1 unspecified atom stereocenters. The number of hydroxylamine groups is 2. The van der Waals surface area contributed by atoms with Gasteiger partial charge in [0.25, 0.3) is 5.91 Å². The molecular weight excluding hydrogens is 537 g/mol. The Balaban J connectivity index is 1.78. The van der Waals surface area contributed by atoms with E-state index in [0.717, 1.165) is 16.0 Å². The number of primary amides is 1. The van der Waals surface area contributed by atoms with Gasteiger partial charge in [-0.05, 0) is 54.6 Å². The van der Waals surface area contributed by atoms with Crippen LogP contribution in [0.4, 0.5) is 23.7 Å². The minimum atomic E-state index is -5.07. The fourth-order valence-electron chi connectivity index (χ4n) is 3.87. The van der Waals surface area contributed by atoms with Gasteiger partial charge in [-0.2, -0.15) is 0 Å². The summed E-state index contributed by atoms with van der Waals surface area (Å²) in [6.07, 6.45) is 7.54. The van der Waals surface area contributed by atoms with Crippen LogP contribution in [0.5, 0.6) is 5.75 Å². The maximum absolute atomic E-state index is 13.6. The molecule has 0 fully saturated rings.